The molecule has 0 aromatic heterocycles. The average Bonchev–Trinajstić information content (AvgIpc) is 2.89. The Morgan fingerprint density at radius 2 is 1.22 bits per heavy atom. The van der Waals surface area contributed by atoms with Crippen molar-refractivity contribution in [3.63, 3.8) is 0 Å². The maximum atomic E-state index is 12.4. The van der Waals surface area contributed by atoms with Crippen molar-refractivity contribution in [2.75, 3.05) is 13.2 Å². The number of hydrogen-bond donors (Lipinski definition) is 0. The van der Waals surface area contributed by atoms with Crippen LogP contribution in [0.5, 0.6) is 17.2 Å². The van der Waals surface area contributed by atoms with Gasteiger partial charge < -0.3 is 18.9 Å². The maximum Gasteiger partial charge on any atom is 0.343 e. The second kappa shape index (κ2) is 12.5. The first kappa shape index (κ1) is 25.7. The molecule has 3 aromatic rings. The van der Waals surface area contributed by atoms with Gasteiger partial charge in [0.05, 0.1) is 36.0 Å². The Balaban J connectivity index is 1.46. The summed E-state index contributed by atoms with van der Waals surface area (Å²) in [5.74, 6) is -0.450. The van der Waals surface area contributed by atoms with Crippen molar-refractivity contribution in [1.82, 2.24) is 0 Å². The molecule has 0 amide bonds. The van der Waals surface area contributed by atoms with Crippen molar-refractivity contribution in [1.29, 1.82) is 5.26 Å². The highest BCUT2D eigenvalue weighted by Gasteiger charge is 2.12. The molecule has 0 saturated heterocycles. The molecule has 8 heteroatoms. The van der Waals surface area contributed by atoms with E-state index in [4.69, 9.17) is 24.2 Å². The highest BCUT2D eigenvalue weighted by Crippen LogP contribution is 2.19. The Labute approximate surface area is 208 Å². The minimum absolute atomic E-state index is 0.224. The second-order valence-corrected chi connectivity index (χ2v) is 7.58. The molecule has 0 unspecified atom stereocenters. The number of carbonyl (C=O) groups excluding carboxylic acids is 3. The molecule has 36 heavy (non-hydrogen) atoms. The van der Waals surface area contributed by atoms with Gasteiger partial charge in [-0.3, -0.25) is 0 Å². The minimum Gasteiger partial charge on any atom is -0.493 e. The lowest BCUT2D eigenvalue weighted by Gasteiger charge is -2.09. The number of carbonyl (C=O) groups is 3. The molecule has 8 nitrogen and oxygen atoms in total. The second-order valence-electron chi connectivity index (χ2n) is 7.58. The number of ether oxygens (including phenoxy) is 4. The fraction of sp³-hybridized carbons (Fsp3) is 0.143. The van der Waals surface area contributed by atoms with Gasteiger partial charge in [0.25, 0.3) is 0 Å². The van der Waals surface area contributed by atoms with Crippen LogP contribution in [-0.2, 0) is 9.53 Å². The van der Waals surface area contributed by atoms with Gasteiger partial charge in [0.15, 0.2) is 0 Å². The van der Waals surface area contributed by atoms with E-state index >= 15 is 0 Å². The van der Waals surface area contributed by atoms with Crippen LogP contribution >= 0.6 is 0 Å². The fourth-order valence-electron chi connectivity index (χ4n) is 2.81. The normalized spacial score (nSPS) is 10.0. The quantitative estimate of drug-likeness (QED) is 0.173. The lowest BCUT2D eigenvalue weighted by molar-refractivity contribution is -0.139. The first-order valence-corrected chi connectivity index (χ1v) is 11.0. The smallest absolute Gasteiger partial charge is 0.343 e. The van der Waals surface area contributed by atoms with Crippen molar-refractivity contribution in [3.8, 4) is 23.3 Å². The molecule has 0 saturated carbocycles. The average molecular weight is 485 g/mol. The molecule has 0 spiro atoms. The van der Waals surface area contributed by atoms with Gasteiger partial charge in [-0.1, -0.05) is 6.58 Å². The van der Waals surface area contributed by atoms with Crippen LogP contribution in [0.25, 0.3) is 0 Å². The number of rotatable bonds is 10. The van der Waals surface area contributed by atoms with Gasteiger partial charge in [-0.15, -0.1) is 0 Å². The molecule has 0 aliphatic carbocycles. The summed E-state index contributed by atoms with van der Waals surface area (Å²) in [6, 6.07) is 20.5. The SMILES string of the molecule is C=C(C)C(=O)OCCCOc1ccc(C(=O)Oc2ccc(C(=O)Oc3ccc(C#N)cc3)cc2)cc1. The predicted molar refractivity (Wildman–Crippen MR) is 130 cm³/mol. The van der Waals surface area contributed by atoms with Gasteiger partial charge >= 0.3 is 17.9 Å². The summed E-state index contributed by atoms with van der Waals surface area (Å²) >= 11 is 0. The zero-order valence-corrected chi connectivity index (χ0v) is 19.6. The van der Waals surface area contributed by atoms with Crippen molar-refractivity contribution in [2.24, 2.45) is 0 Å². The summed E-state index contributed by atoms with van der Waals surface area (Å²) in [6.45, 7) is 5.66. The molecular formula is C28H23NO7. The summed E-state index contributed by atoms with van der Waals surface area (Å²) < 4.78 is 21.2. The number of esters is 3. The highest BCUT2D eigenvalue weighted by molar-refractivity contribution is 5.92. The fourth-order valence-corrected chi connectivity index (χ4v) is 2.81. The minimum atomic E-state index is -0.581. The number of hydrogen-bond acceptors (Lipinski definition) is 8. The molecule has 0 atom stereocenters. The maximum absolute atomic E-state index is 12.4. The molecule has 0 aliphatic heterocycles. The Bertz CT molecular complexity index is 1270. The monoisotopic (exact) mass is 485 g/mol. The third kappa shape index (κ3) is 7.57. The summed E-state index contributed by atoms with van der Waals surface area (Å²) in [5, 5.41) is 8.82. The van der Waals surface area contributed by atoms with Crippen LogP contribution in [-0.4, -0.2) is 31.1 Å². The molecule has 3 rings (SSSR count). The van der Waals surface area contributed by atoms with Crippen LogP contribution in [0, 0.1) is 11.3 Å². The van der Waals surface area contributed by atoms with E-state index < -0.39 is 17.9 Å². The standard InChI is InChI=1S/C28H23NO7/c1-19(2)26(30)34-17-3-16-33-23-12-6-21(7-13-23)27(31)36-25-14-8-22(9-15-25)28(32)35-24-10-4-20(18-29)5-11-24/h4-15H,1,3,16-17H2,2H3. The molecule has 0 aliphatic rings. The van der Waals surface area contributed by atoms with E-state index in [9.17, 15) is 14.4 Å². The highest BCUT2D eigenvalue weighted by atomic mass is 16.5. The van der Waals surface area contributed by atoms with Gasteiger partial charge in [-0.25, -0.2) is 14.4 Å². The van der Waals surface area contributed by atoms with Crippen LogP contribution in [0.4, 0.5) is 0 Å². The van der Waals surface area contributed by atoms with E-state index in [1.54, 1.807) is 43.3 Å². The summed E-state index contributed by atoms with van der Waals surface area (Å²) in [4.78, 5) is 36.0. The van der Waals surface area contributed by atoms with E-state index in [-0.39, 0.29) is 17.9 Å². The van der Waals surface area contributed by atoms with Crippen LogP contribution < -0.4 is 14.2 Å². The molecule has 0 heterocycles. The Morgan fingerprint density at radius 3 is 1.69 bits per heavy atom. The van der Waals surface area contributed by atoms with E-state index in [0.29, 0.717) is 41.2 Å². The van der Waals surface area contributed by atoms with E-state index in [1.807, 2.05) is 6.07 Å². The van der Waals surface area contributed by atoms with Crippen LogP contribution in [0.1, 0.15) is 39.6 Å². The van der Waals surface area contributed by atoms with Crippen molar-refractivity contribution >= 4 is 17.9 Å². The van der Waals surface area contributed by atoms with Crippen molar-refractivity contribution in [3.05, 3.63) is 102 Å². The van der Waals surface area contributed by atoms with Crippen LogP contribution in [0.3, 0.4) is 0 Å². The van der Waals surface area contributed by atoms with E-state index in [1.165, 1.54) is 36.4 Å². The van der Waals surface area contributed by atoms with Gasteiger partial charge in [-0.2, -0.15) is 5.26 Å². The third-order valence-electron chi connectivity index (χ3n) is 4.72. The topological polar surface area (TPSA) is 112 Å². The lowest BCUT2D eigenvalue weighted by Crippen LogP contribution is -2.10. The van der Waals surface area contributed by atoms with Crippen LogP contribution in [0.15, 0.2) is 84.9 Å². The van der Waals surface area contributed by atoms with Crippen molar-refractivity contribution < 1.29 is 33.3 Å². The molecule has 0 N–H and O–H groups in total. The summed E-state index contributed by atoms with van der Waals surface area (Å²) in [6.07, 6.45) is 0.514. The Kier molecular flexibility index (Phi) is 8.95. The number of nitriles is 1. The number of nitrogens with zero attached hydrogens (tertiary/aromatic N) is 1. The summed E-state index contributed by atoms with van der Waals surface area (Å²) in [5.41, 5.74) is 1.40. The zero-order valence-electron chi connectivity index (χ0n) is 19.6. The van der Waals surface area contributed by atoms with Gasteiger partial charge in [0.1, 0.15) is 17.2 Å². The van der Waals surface area contributed by atoms with Crippen LogP contribution in [0.2, 0.25) is 0 Å². The largest absolute Gasteiger partial charge is 0.493 e. The van der Waals surface area contributed by atoms with Gasteiger partial charge in [-0.05, 0) is 79.7 Å². The first-order valence-electron chi connectivity index (χ1n) is 11.0. The van der Waals surface area contributed by atoms with E-state index in [2.05, 4.69) is 6.58 Å². The Hall–Kier alpha value is -4.90. The summed E-state index contributed by atoms with van der Waals surface area (Å²) in [7, 11) is 0. The third-order valence-corrected chi connectivity index (χ3v) is 4.72. The predicted octanol–water partition coefficient (Wildman–Crippen LogP) is 4.88. The number of benzene rings is 3. The van der Waals surface area contributed by atoms with Gasteiger partial charge in [0.2, 0.25) is 0 Å². The zero-order chi connectivity index (χ0) is 25.9. The molecule has 3 aromatic carbocycles. The lowest BCUT2D eigenvalue weighted by atomic mass is 10.2. The van der Waals surface area contributed by atoms with Crippen molar-refractivity contribution in [2.45, 2.75) is 13.3 Å². The molecular weight excluding hydrogens is 462 g/mol. The molecule has 0 radical (unpaired) electrons. The molecule has 0 bridgehead atoms. The molecule has 182 valence electrons. The van der Waals surface area contributed by atoms with E-state index in [0.717, 1.165) is 0 Å². The Morgan fingerprint density at radius 1 is 0.750 bits per heavy atom. The molecule has 0 fully saturated rings. The first-order chi connectivity index (χ1) is 17.4. The van der Waals surface area contributed by atoms with Gasteiger partial charge in [0, 0.05) is 12.0 Å².